The summed E-state index contributed by atoms with van der Waals surface area (Å²) in [6.45, 7) is 6.80. The van der Waals surface area contributed by atoms with Crippen LogP contribution >= 0.6 is 0 Å². The number of phenols is 1. The van der Waals surface area contributed by atoms with E-state index in [1.165, 1.54) is 18.4 Å². The number of benzene rings is 1. The predicted molar refractivity (Wildman–Crippen MR) is 66.7 cm³/mol. The molecular formula is C14H21NO. The standard InChI is InChI=1S/C14H21NO/c1-11(2)14(7-9-15-10-8-14)12-3-5-13(16)6-4-12/h3-6,11,15-16H,7-10H2,1-2H3. The molecule has 0 atom stereocenters. The van der Waals surface area contributed by atoms with Crippen molar-refractivity contribution in [1.29, 1.82) is 0 Å². The fourth-order valence-corrected chi connectivity index (χ4v) is 2.87. The van der Waals surface area contributed by atoms with E-state index < -0.39 is 0 Å². The van der Waals surface area contributed by atoms with Gasteiger partial charge in [0.25, 0.3) is 0 Å². The molecule has 0 unspecified atom stereocenters. The van der Waals surface area contributed by atoms with Gasteiger partial charge in [-0.05, 0) is 49.5 Å². The van der Waals surface area contributed by atoms with E-state index in [4.69, 9.17) is 0 Å². The zero-order valence-electron chi connectivity index (χ0n) is 10.2. The summed E-state index contributed by atoms with van der Waals surface area (Å²) in [6, 6.07) is 7.78. The lowest BCUT2D eigenvalue weighted by Crippen LogP contribution is -2.43. The number of hydrogen-bond donors (Lipinski definition) is 2. The molecule has 1 fully saturated rings. The van der Waals surface area contributed by atoms with Crippen molar-refractivity contribution in [3.63, 3.8) is 0 Å². The smallest absolute Gasteiger partial charge is 0.115 e. The van der Waals surface area contributed by atoms with Crippen molar-refractivity contribution in [3.05, 3.63) is 29.8 Å². The summed E-state index contributed by atoms with van der Waals surface area (Å²) in [6.07, 6.45) is 2.38. The largest absolute Gasteiger partial charge is 0.508 e. The molecule has 2 rings (SSSR count). The number of hydrogen-bond acceptors (Lipinski definition) is 2. The molecule has 2 N–H and O–H groups in total. The molecule has 2 nitrogen and oxygen atoms in total. The molecule has 1 aromatic carbocycles. The molecule has 0 aromatic heterocycles. The molecule has 1 aliphatic rings. The van der Waals surface area contributed by atoms with Crippen LogP contribution in [0.1, 0.15) is 32.3 Å². The second-order valence-corrected chi connectivity index (χ2v) is 5.11. The maximum atomic E-state index is 9.37. The van der Waals surface area contributed by atoms with Gasteiger partial charge in [0, 0.05) is 5.41 Å². The highest BCUT2D eigenvalue weighted by atomic mass is 16.3. The second kappa shape index (κ2) is 4.46. The average molecular weight is 219 g/mol. The van der Waals surface area contributed by atoms with Crippen molar-refractivity contribution in [2.24, 2.45) is 5.92 Å². The van der Waals surface area contributed by atoms with Gasteiger partial charge in [0.15, 0.2) is 0 Å². The zero-order chi connectivity index (χ0) is 11.6. The molecule has 1 saturated heterocycles. The third kappa shape index (κ3) is 1.94. The fraction of sp³-hybridized carbons (Fsp3) is 0.571. The van der Waals surface area contributed by atoms with E-state index in [-0.39, 0.29) is 0 Å². The highest BCUT2D eigenvalue weighted by Gasteiger charge is 2.36. The van der Waals surface area contributed by atoms with Crippen LogP contribution in [0.2, 0.25) is 0 Å². The van der Waals surface area contributed by atoms with Crippen LogP contribution in [0.5, 0.6) is 5.75 Å². The first-order chi connectivity index (χ1) is 7.65. The maximum absolute atomic E-state index is 9.37. The highest BCUT2D eigenvalue weighted by Crippen LogP contribution is 2.40. The Morgan fingerprint density at radius 2 is 1.69 bits per heavy atom. The molecule has 2 heteroatoms. The maximum Gasteiger partial charge on any atom is 0.115 e. The summed E-state index contributed by atoms with van der Waals surface area (Å²) in [4.78, 5) is 0. The molecule has 0 bridgehead atoms. The molecule has 0 amide bonds. The van der Waals surface area contributed by atoms with Gasteiger partial charge in [0.2, 0.25) is 0 Å². The third-order valence-corrected chi connectivity index (χ3v) is 4.04. The number of rotatable bonds is 2. The van der Waals surface area contributed by atoms with Crippen molar-refractivity contribution < 1.29 is 5.11 Å². The molecule has 0 aliphatic carbocycles. The van der Waals surface area contributed by atoms with Crippen LogP contribution in [-0.4, -0.2) is 18.2 Å². The molecular weight excluding hydrogens is 198 g/mol. The Hall–Kier alpha value is -1.02. The number of nitrogens with one attached hydrogen (secondary N) is 1. The summed E-state index contributed by atoms with van der Waals surface area (Å²) in [5.74, 6) is 0.996. The molecule has 88 valence electrons. The number of piperidine rings is 1. The zero-order valence-corrected chi connectivity index (χ0v) is 10.2. The van der Waals surface area contributed by atoms with Gasteiger partial charge >= 0.3 is 0 Å². The minimum atomic E-state index is 0.291. The van der Waals surface area contributed by atoms with Gasteiger partial charge in [-0.1, -0.05) is 26.0 Å². The Morgan fingerprint density at radius 1 is 1.12 bits per heavy atom. The van der Waals surface area contributed by atoms with E-state index in [0.717, 1.165) is 13.1 Å². The first kappa shape index (κ1) is 11.5. The van der Waals surface area contributed by atoms with Crippen LogP contribution in [0.3, 0.4) is 0 Å². The molecule has 1 aliphatic heterocycles. The Kier molecular flexibility index (Phi) is 3.20. The van der Waals surface area contributed by atoms with Gasteiger partial charge < -0.3 is 10.4 Å². The van der Waals surface area contributed by atoms with Gasteiger partial charge in [-0.3, -0.25) is 0 Å². The van der Waals surface area contributed by atoms with Crippen LogP contribution in [0.25, 0.3) is 0 Å². The molecule has 16 heavy (non-hydrogen) atoms. The van der Waals surface area contributed by atoms with E-state index >= 15 is 0 Å². The van der Waals surface area contributed by atoms with Gasteiger partial charge in [-0.2, -0.15) is 0 Å². The quantitative estimate of drug-likeness (QED) is 0.801. The molecule has 1 heterocycles. The predicted octanol–water partition coefficient (Wildman–Crippen LogP) is 2.67. The van der Waals surface area contributed by atoms with Crippen molar-refractivity contribution in [2.45, 2.75) is 32.1 Å². The second-order valence-electron chi connectivity index (χ2n) is 5.11. The lowest BCUT2D eigenvalue weighted by atomic mass is 9.66. The normalized spacial score (nSPS) is 19.9. The lowest BCUT2D eigenvalue weighted by Gasteiger charge is -2.42. The van der Waals surface area contributed by atoms with Gasteiger partial charge in [-0.15, -0.1) is 0 Å². The van der Waals surface area contributed by atoms with Gasteiger partial charge in [0.1, 0.15) is 5.75 Å². The van der Waals surface area contributed by atoms with E-state index in [1.807, 2.05) is 12.1 Å². The Bertz CT molecular complexity index is 336. The topological polar surface area (TPSA) is 32.3 Å². The van der Waals surface area contributed by atoms with Crippen molar-refractivity contribution in [3.8, 4) is 5.75 Å². The lowest BCUT2D eigenvalue weighted by molar-refractivity contribution is 0.227. The van der Waals surface area contributed by atoms with E-state index in [2.05, 4.69) is 31.3 Å². The summed E-state index contributed by atoms with van der Waals surface area (Å²) in [5.41, 5.74) is 1.67. The van der Waals surface area contributed by atoms with Crippen LogP contribution < -0.4 is 5.32 Å². The highest BCUT2D eigenvalue weighted by molar-refractivity contribution is 5.32. The Labute approximate surface area is 97.7 Å². The van der Waals surface area contributed by atoms with Crippen molar-refractivity contribution in [2.75, 3.05) is 13.1 Å². The summed E-state index contributed by atoms with van der Waals surface area (Å²) >= 11 is 0. The average Bonchev–Trinajstić information content (AvgIpc) is 2.30. The first-order valence-electron chi connectivity index (χ1n) is 6.15. The van der Waals surface area contributed by atoms with Gasteiger partial charge in [0.05, 0.1) is 0 Å². The van der Waals surface area contributed by atoms with Crippen LogP contribution in [0, 0.1) is 5.92 Å². The minimum absolute atomic E-state index is 0.291. The number of aromatic hydroxyl groups is 1. The monoisotopic (exact) mass is 219 g/mol. The summed E-state index contributed by atoms with van der Waals surface area (Å²) in [7, 11) is 0. The van der Waals surface area contributed by atoms with Crippen molar-refractivity contribution in [1.82, 2.24) is 5.32 Å². The summed E-state index contributed by atoms with van der Waals surface area (Å²) in [5, 5.41) is 12.8. The third-order valence-electron chi connectivity index (χ3n) is 4.04. The van der Waals surface area contributed by atoms with Gasteiger partial charge in [-0.25, -0.2) is 0 Å². The van der Waals surface area contributed by atoms with E-state index in [9.17, 15) is 5.11 Å². The molecule has 0 spiro atoms. The molecule has 0 radical (unpaired) electrons. The fourth-order valence-electron chi connectivity index (χ4n) is 2.87. The first-order valence-corrected chi connectivity index (χ1v) is 6.15. The Balaban J connectivity index is 2.34. The van der Waals surface area contributed by atoms with Crippen LogP contribution in [-0.2, 0) is 5.41 Å². The van der Waals surface area contributed by atoms with Crippen molar-refractivity contribution >= 4 is 0 Å². The van der Waals surface area contributed by atoms with E-state index in [1.54, 1.807) is 0 Å². The summed E-state index contributed by atoms with van der Waals surface area (Å²) < 4.78 is 0. The number of phenolic OH excluding ortho intramolecular Hbond substituents is 1. The molecule has 0 saturated carbocycles. The Morgan fingerprint density at radius 3 is 2.19 bits per heavy atom. The van der Waals surface area contributed by atoms with E-state index in [0.29, 0.717) is 17.1 Å². The van der Waals surface area contributed by atoms with Crippen LogP contribution in [0.15, 0.2) is 24.3 Å². The van der Waals surface area contributed by atoms with Crippen LogP contribution in [0.4, 0.5) is 0 Å². The molecule has 1 aromatic rings. The minimum Gasteiger partial charge on any atom is -0.508 e. The SMILES string of the molecule is CC(C)C1(c2ccc(O)cc2)CCNCC1.